The van der Waals surface area contributed by atoms with Crippen molar-refractivity contribution in [1.29, 1.82) is 0 Å². The van der Waals surface area contributed by atoms with Crippen LogP contribution in [0.4, 0.5) is 0 Å². The maximum Gasteiger partial charge on any atom is 0.305 e. The molecule has 0 aliphatic rings. The molecular weight excluding hydrogens is 713 g/mol. The molecule has 8 nitrogen and oxygen atoms in total. The monoisotopic (exact) mass is 811 g/mol. The van der Waals surface area contributed by atoms with Crippen molar-refractivity contribution in [3.05, 3.63) is 0 Å². The number of hydrogen-bond acceptors (Lipinski definition) is 8. The van der Waals surface area contributed by atoms with Crippen LogP contribution in [0.3, 0.4) is 0 Å². The molecule has 0 aromatic rings. The molecule has 0 heterocycles. The van der Waals surface area contributed by atoms with E-state index in [0.717, 1.165) is 96.9 Å². The first-order chi connectivity index (χ1) is 27.9. The lowest BCUT2D eigenvalue weighted by molar-refractivity contribution is -0.146. The highest BCUT2D eigenvalue weighted by Gasteiger charge is 2.14. The number of rotatable bonds is 46. The van der Waals surface area contributed by atoms with Crippen LogP contribution in [0.25, 0.3) is 0 Å². The Morgan fingerprint density at radius 3 is 1.30 bits per heavy atom. The molecule has 2 unspecified atom stereocenters. The summed E-state index contributed by atoms with van der Waals surface area (Å²) in [5.41, 5.74) is 0. The van der Waals surface area contributed by atoms with Crippen LogP contribution in [0.1, 0.15) is 220 Å². The minimum absolute atomic E-state index is 0.0145. The lowest BCUT2D eigenvalue weighted by atomic mass is 9.96. The third-order valence-corrected chi connectivity index (χ3v) is 11.3. The zero-order chi connectivity index (χ0) is 41.9. The van der Waals surface area contributed by atoms with Gasteiger partial charge in [-0.05, 0) is 103 Å². The van der Waals surface area contributed by atoms with Crippen LogP contribution in [0.15, 0.2) is 0 Å². The lowest BCUT2D eigenvalue weighted by Crippen LogP contribution is -2.38. The predicted octanol–water partition coefficient (Wildman–Crippen LogP) is 12.6. The van der Waals surface area contributed by atoms with E-state index in [1.807, 2.05) is 0 Å². The minimum atomic E-state index is -0.0145. The van der Waals surface area contributed by atoms with Crippen LogP contribution in [0, 0.1) is 11.8 Å². The van der Waals surface area contributed by atoms with E-state index in [1.165, 1.54) is 109 Å². The lowest BCUT2D eigenvalue weighted by Gasteiger charge is -2.19. The molecule has 0 spiro atoms. The molecule has 57 heavy (non-hydrogen) atoms. The van der Waals surface area contributed by atoms with Gasteiger partial charge in [0.05, 0.1) is 32.5 Å². The molecule has 0 radical (unpaired) electrons. The van der Waals surface area contributed by atoms with Crippen molar-refractivity contribution >= 4 is 11.9 Å². The summed E-state index contributed by atoms with van der Waals surface area (Å²) in [6, 6.07) is 0.206. The van der Waals surface area contributed by atoms with E-state index in [-0.39, 0.29) is 18.0 Å². The molecule has 0 bridgehead atoms. The molecule has 0 aliphatic heterocycles. The third kappa shape index (κ3) is 41.3. The van der Waals surface area contributed by atoms with Crippen molar-refractivity contribution in [2.24, 2.45) is 11.8 Å². The highest BCUT2D eigenvalue weighted by Crippen LogP contribution is 2.20. The highest BCUT2D eigenvalue weighted by atomic mass is 16.5. The zero-order valence-corrected chi connectivity index (χ0v) is 39.0. The second kappa shape index (κ2) is 44.3. The molecular formula is C49H98N2O6. The number of nitrogens with zero attached hydrogens (tertiary/aromatic N) is 1. The van der Waals surface area contributed by atoms with Crippen LogP contribution in [0.5, 0.6) is 0 Å². The van der Waals surface area contributed by atoms with E-state index < -0.39 is 0 Å². The summed E-state index contributed by atoms with van der Waals surface area (Å²) in [6.45, 7) is 15.2. The Labute approximate surface area is 354 Å². The van der Waals surface area contributed by atoms with Crippen molar-refractivity contribution in [3.8, 4) is 0 Å². The summed E-state index contributed by atoms with van der Waals surface area (Å²) < 4.78 is 23.6. The van der Waals surface area contributed by atoms with Gasteiger partial charge in [0.15, 0.2) is 0 Å². The van der Waals surface area contributed by atoms with Gasteiger partial charge in [0.25, 0.3) is 0 Å². The number of esters is 2. The van der Waals surface area contributed by atoms with Gasteiger partial charge >= 0.3 is 11.9 Å². The average Bonchev–Trinajstić information content (AvgIpc) is 3.20. The Morgan fingerprint density at radius 1 is 0.456 bits per heavy atom. The Bertz CT molecular complexity index is 785. The van der Waals surface area contributed by atoms with Crippen molar-refractivity contribution in [1.82, 2.24) is 10.2 Å². The molecule has 0 aromatic carbocycles. The number of hydrogen-bond donors (Lipinski definition) is 1. The standard InChI is InChI=1S/C49H98N2O6/c1-7-11-15-23-33-45(31-13-9-3)41-56-48(52)35-25-19-17-21-29-39-54-43-47(50-37-27-28-38-51(5)6)44-55-40-30-22-18-20-26-36-49(53)57-42-46(32-14-10-4)34-24-16-12-8-2/h45-47,50H,7-44H2,1-6H3. The van der Waals surface area contributed by atoms with Gasteiger partial charge in [-0.25, -0.2) is 0 Å². The topological polar surface area (TPSA) is 86.3 Å². The van der Waals surface area contributed by atoms with E-state index in [1.54, 1.807) is 0 Å². The van der Waals surface area contributed by atoms with Gasteiger partial charge in [-0.2, -0.15) is 0 Å². The Balaban J connectivity index is 4.14. The predicted molar refractivity (Wildman–Crippen MR) is 242 cm³/mol. The third-order valence-electron chi connectivity index (χ3n) is 11.3. The Kier molecular flexibility index (Phi) is 43.4. The van der Waals surface area contributed by atoms with E-state index in [9.17, 15) is 9.59 Å². The fourth-order valence-electron chi connectivity index (χ4n) is 7.38. The number of ether oxygens (including phenoxy) is 4. The first kappa shape index (κ1) is 55.8. The molecule has 1 N–H and O–H groups in total. The van der Waals surface area contributed by atoms with Gasteiger partial charge in [-0.15, -0.1) is 0 Å². The summed E-state index contributed by atoms with van der Waals surface area (Å²) in [7, 11) is 4.25. The van der Waals surface area contributed by atoms with E-state index >= 15 is 0 Å². The van der Waals surface area contributed by atoms with Gasteiger partial charge in [0, 0.05) is 26.1 Å². The number of carbonyl (C=O) groups is 2. The van der Waals surface area contributed by atoms with Gasteiger partial charge < -0.3 is 29.2 Å². The van der Waals surface area contributed by atoms with Crippen LogP contribution in [-0.2, 0) is 28.5 Å². The second-order valence-electron chi connectivity index (χ2n) is 17.4. The number of nitrogens with one attached hydrogen (secondary N) is 1. The number of unbranched alkanes of at least 4 members (excludes halogenated alkanes) is 17. The Hall–Kier alpha value is -1.22. The molecule has 2 atom stereocenters. The quantitative estimate of drug-likeness (QED) is 0.0480. The minimum Gasteiger partial charge on any atom is -0.465 e. The molecule has 340 valence electrons. The fourth-order valence-corrected chi connectivity index (χ4v) is 7.38. The summed E-state index contributed by atoms with van der Waals surface area (Å²) >= 11 is 0. The molecule has 0 saturated heterocycles. The summed E-state index contributed by atoms with van der Waals surface area (Å²) in [5.74, 6) is 1.03. The summed E-state index contributed by atoms with van der Waals surface area (Å²) in [5, 5.41) is 3.68. The summed E-state index contributed by atoms with van der Waals surface area (Å²) in [4.78, 5) is 27.0. The summed E-state index contributed by atoms with van der Waals surface area (Å²) in [6.07, 6.45) is 33.9. The first-order valence-corrected chi connectivity index (χ1v) is 24.7. The largest absolute Gasteiger partial charge is 0.465 e. The van der Waals surface area contributed by atoms with E-state index in [4.69, 9.17) is 18.9 Å². The Morgan fingerprint density at radius 2 is 0.860 bits per heavy atom. The first-order valence-electron chi connectivity index (χ1n) is 24.7. The molecule has 0 saturated carbocycles. The maximum atomic E-state index is 12.4. The van der Waals surface area contributed by atoms with Crippen LogP contribution < -0.4 is 5.32 Å². The normalized spacial score (nSPS) is 13.2. The van der Waals surface area contributed by atoms with Gasteiger partial charge in [0.2, 0.25) is 0 Å². The zero-order valence-electron chi connectivity index (χ0n) is 39.0. The van der Waals surface area contributed by atoms with Gasteiger partial charge in [0.1, 0.15) is 0 Å². The smallest absolute Gasteiger partial charge is 0.305 e. The van der Waals surface area contributed by atoms with Crippen LogP contribution >= 0.6 is 0 Å². The van der Waals surface area contributed by atoms with Crippen molar-refractivity contribution < 1.29 is 28.5 Å². The van der Waals surface area contributed by atoms with Crippen molar-refractivity contribution in [3.63, 3.8) is 0 Å². The molecule has 0 aromatic heterocycles. The highest BCUT2D eigenvalue weighted by molar-refractivity contribution is 5.69. The van der Waals surface area contributed by atoms with E-state index in [0.29, 0.717) is 51.1 Å². The van der Waals surface area contributed by atoms with Gasteiger partial charge in [-0.3, -0.25) is 9.59 Å². The fraction of sp³-hybridized carbons (Fsp3) is 0.959. The molecule has 0 fully saturated rings. The molecule has 0 aliphatic carbocycles. The molecule has 0 rings (SSSR count). The molecule has 0 amide bonds. The molecule has 8 heteroatoms. The average molecular weight is 811 g/mol. The second-order valence-corrected chi connectivity index (χ2v) is 17.4. The number of carbonyl (C=O) groups excluding carboxylic acids is 2. The maximum absolute atomic E-state index is 12.4. The van der Waals surface area contributed by atoms with E-state index in [2.05, 4.69) is 52.0 Å². The SMILES string of the molecule is CCCCCCC(CCCC)COC(=O)CCCCCCCOCC(COCCCCCCCC(=O)OCC(CCCC)CCCCCC)NCCCCN(C)C. The van der Waals surface area contributed by atoms with Crippen molar-refractivity contribution in [2.45, 2.75) is 226 Å². The van der Waals surface area contributed by atoms with Gasteiger partial charge in [-0.1, -0.05) is 143 Å². The van der Waals surface area contributed by atoms with Crippen LogP contribution in [-0.4, -0.2) is 89.7 Å². The van der Waals surface area contributed by atoms with Crippen LogP contribution in [0.2, 0.25) is 0 Å². The van der Waals surface area contributed by atoms with Crippen molar-refractivity contribution in [2.75, 3.05) is 66.8 Å².